The van der Waals surface area contributed by atoms with E-state index in [9.17, 15) is 37.9 Å². The molecular weight excluding hydrogens is 885 g/mol. The summed E-state index contributed by atoms with van der Waals surface area (Å²) in [6.45, 7) is 3.72. The average Bonchev–Trinajstić information content (AvgIpc) is 3.31. The predicted octanol–water partition coefficient (Wildman–Crippen LogP) is 12.7. The third-order valence-corrected chi connectivity index (χ3v) is 13.1. The van der Waals surface area contributed by atoms with Crippen molar-refractivity contribution in [2.24, 2.45) is 0 Å². The lowest BCUT2D eigenvalue weighted by molar-refractivity contribution is -0.297. The molecule has 1 saturated heterocycles. The van der Waals surface area contributed by atoms with Crippen LogP contribution in [0, 0.1) is 0 Å². The van der Waals surface area contributed by atoms with Crippen LogP contribution in [0.15, 0.2) is 48.6 Å². The molecule has 4 N–H and O–H groups in total. The largest absolute Gasteiger partial charge is 0.462 e. The minimum absolute atomic E-state index is 0.106. The van der Waals surface area contributed by atoms with Gasteiger partial charge >= 0.3 is 11.9 Å². The summed E-state index contributed by atoms with van der Waals surface area (Å²) in [7, 11) is -4.62. The van der Waals surface area contributed by atoms with Crippen molar-refractivity contribution >= 4 is 22.1 Å². The fourth-order valence-electron chi connectivity index (χ4n) is 8.17. The van der Waals surface area contributed by atoms with Gasteiger partial charge in [-0.1, -0.05) is 204 Å². The first-order valence-corrected chi connectivity index (χ1v) is 28.8. The van der Waals surface area contributed by atoms with E-state index >= 15 is 0 Å². The zero-order valence-electron chi connectivity index (χ0n) is 42.7. The van der Waals surface area contributed by atoms with Gasteiger partial charge in [0.05, 0.1) is 6.61 Å². The standard InChI is InChI=1S/C55H98O12S/c1-3-5-7-9-11-13-15-17-19-21-22-23-24-25-26-28-30-32-34-36-38-40-42-44-51(57)66-48(46-65-55-54(60)53(59)52(58)49(67-55)47-68(61,62)63)45-64-50(56)43-41-39-37-35-33-31-29-27-20-18-16-14-12-10-8-6-4-2/h18,20,29,31,35-38,48-49,52-55,58-60H,3-17,19,21-28,30,32-34,39-47H2,1-2H3,(H,61,62,63)/b20-18+,31-29+,37-35+,38-36+/t48-,49-,52-,53?,54?,55+/m1/s1. The summed E-state index contributed by atoms with van der Waals surface area (Å²) in [5.74, 6) is -2.09. The molecule has 0 aromatic rings. The lowest BCUT2D eigenvalue weighted by atomic mass is 10.00. The molecule has 0 amide bonds. The maximum Gasteiger partial charge on any atom is 0.306 e. The number of aliphatic hydroxyl groups is 3. The lowest BCUT2D eigenvalue weighted by Gasteiger charge is -2.40. The van der Waals surface area contributed by atoms with E-state index in [0.717, 1.165) is 32.1 Å². The highest BCUT2D eigenvalue weighted by Gasteiger charge is 2.46. The Morgan fingerprint density at radius 1 is 0.500 bits per heavy atom. The van der Waals surface area contributed by atoms with E-state index in [4.69, 9.17) is 18.9 Å². The van der Waals surface area contributed by atoms with Crippen LogP contribution in [-0.4, -0.2) is 96.0 Å². The van der Waals surface area contributed by atoms with Crippen molar-refractivity contribution in [2.75, 3.05) is 19.0 Å². The topological polar surface area (TPSA) is 186 Å². The van der Waals surface area contributed by atoms with Crippen LogP contribution in [0.25, 0.3) is 0 Å². The normalized spacial score (nSPS) is 19.5. The van der Waals surface area contributed by atoms with Gasteiger partial charge in [-0.15, -0.1) is 0 Å². The van der Waals surface area contributed by atoms with Crippen molar-refractivity contribution in [3.05, 3.63) is 48.6 Å². The third kappa shape index (κ3) is 38.4. The first-order valence-electron chi connectivity index (χ1n) is 27.2. The van der Waals surface area contributed by atoms with E-state index in [0.29, 0.717) is 25.7 Å². The van der Waals surface area contributed by atoms with Crippen LogP contribution < -0.4 is 0 Å². The van der Waals surface area contributed by atoms with Crippen molar-refractivity contribution in [2.45, 2.75) is 269 Å². The minimum Gasteiger partial charge on any atom is -0.462 e. The Bertz CT molecular complexity index is 1430. The van der Waals surface area contributed by atoms with Crippen molar-refractivity contribution < 1.29 is 56.8 Å². The number of hydrogen-bond acceptors (Lipinski definition) is 11. The van der Waals surface area contributed by atoms with Crippen LogP contribution >= 0.6 is 0 Å². The molecule has 0 aromatic heterocycles. The molecule has 0 spiro atoms. The van der Waals surface area contributed by atoms with Crippen LogP contribution in [0.3, 0.4) is 0 Å². The number of unbranched alkanes of at least 4 members (excludes halogenated alkanes) is 26. The summed E-state index contributed by atoms with van der Waals surface area (Å²) < 4.78 is 54.2. The number of esters is 2. The molecule has 1 aliphatic rings. The maximum atomic E-state index is 12.9. The molecule has 2 unspecified atom stereocenters. The Kier molecular flexibility index (Phi) is 41.7. The van der Waals surface area contributed by atoms with Gasteiger partial charge in [0.15, 0.2) is 12.4 Å². The SMILES string of the molecule is CCCCCCCC/C=C/C/C=C/C/C=C/CCCC(=O)OC[C@H](CO[C@H]1O[C@H](CS(=O)(=O)O)[C@@H](O)C(O)C1O)OC(=O)CCC/C=C/CCCCCCCCCCCCCCCCCCCC. The zero-order valence-corrected chi connectivity index (χ0v) is 43.5. The highest BCUT2D eigenvalue weighted by molar-refractivity contribution is 7.85. The van der Waals surface area contributed by atoms with Gasteiger partial charge in [0, 0.05) is 12.8 Å². The molecule has 0 aromatic carbocycles. The van der Waals surface area contributed by atoms with Gasteiger partial charge in [-0.3, -0.25) is 14.1 Å². The van der Waals surface area contributed by atoms with Crippen LogP contribution in [0.2, 0.25) is 0 Å². The molecule has 0 radical (unpaired) electrons. The Balaban J connectivity index is 2.38. The van der Waals surface area contributed by atoms with Crippen LogP contribution in [0.4, 0.5) is 0 Å². The number of hydrogen-bond donors (Lipinski definition) is 4. The van der Waals surface area contributed by atoms with Crippen LogP contribution in [-0.2, 0) is 38.7 Å². The number of aliphatic hydroxyl groups excluding tert-OH is 3. The van der Waals surface area contributed by atoms with E-state index in [2.05, 4.69) is 56.4 Å². The molecule has 12 nitrogen and oxygen atoms in total. The summed E-state index contributed by atoms with van der Waals surface area (Å²) >= 11 is 0. The van der Waals surface area contributed by atoms with Gasteiger partial charge in [-0.25, -0.2) is 0 Å². The Morgan fingerprint density at radius 2 is 0.882 bits per heavy atom. The van der Waals surface area contributed by atoms with Gasteiger partial charge in [-0.05, 0) is 64.2 Å². The third-order valence-electron chi connectivity index (χ3n) is 12.4. The Hall–Kier alpha value is -2.39. The van der Waals surface area contributed by atoms with E-state index in [-0.39, 0.29) is 19.4 Å². The number of carbonyl (C=O) groups is 2. The molecule has 0 bridgehead atoms. The van der Waals surface area contributed by atoms with Crippen molar-refractivity contribution in [3.63, 3.8) is 0 Å². The van der Waals surface area contributed by atoms with Gasteiger partial charge in [-0.2, -0.15) is 8.42 Å². The molecule has 0 aliphatic carbocycles. The molecule has 396 valence electrons. The summed E-state index contributed by atoms with van der Waals surface area (Å²) in [5, 5.41) is 31.0. The highest BCUT2D eigenvalue weighted by atomic mass is 32.2. The molecule has 1 heterocycles. The Labute approximate surface area is 413 Å². The van der Waals surface area contributed by atoms with E-state index in [1.807, 2.05) is 6.08 Å². The fourth-order valence-corrected chi connectivity index (χ4v) is 8.86. The molecule has 0 saturated carbocycles. The molecule has 6 atom stereocenters. The second-order valence-electron chi connectivity index (χ2n) is 18.9. The maximum absolute atomic E-state index is 12.9. The summed E-state index contributed by atoms with van der Waals surface area (Å²) in [5.41, 5.74) is 0. The number of rotatable bonds is 46. The second kappa shape index (κ2) is 44.5. The molecule has 68 heavy (non-hydrogen) atoms. The quantitative estimate of drug-likeness (QED) is 0.0196. The monoisotopic (exact) mass is 983 g/mol. The van der Waals surface area contributed by atoms with Gasteiger partial charge in [0.1, 0.15) is 36.8 Å². The number of allylic oxidation sites excluding steroid dienone is 8. The smallest absolute Gasteiger partial charge is 0.306 e. The van der Waals surface area contributed by atoms with Crippen molar-refractivity contribution in [1.82, 2.24) is 0 Å². The van der Waals surface area contributed by atoms with Gasteiger partial charge < -0.3 is 34.3 Å². The van der Waals surface area contributed by atoms with E-state index in [1.165, 1.54) is 148 Å². The fraction of sp³-hybridized carbons (Fsp3) is 0.818. The summed E-state index contributed by atoms with van der Waals surface area (Å²) in [6, 6.07) is 0. The Morgan fingerprint density at radius 3 is 1.32 bits per heavy atom. The average molecular weight is 983 g/mol. The minimum atomic E-state index is -4.62. The zero-order chi connectivity index (χ0) is 49.8. The second-order valence-corrected chi connectivity index (χ2v) is 20.4. The predicted molar refractivity (Wildman–Crippen MR) is 275 cm³/mol. The summed E-state index contributed by atoms with van der Waals surface area (Å²) in [4.78, 5) is 25.5. The van der Waals surface area contributed by atoms with Gasteiger partial charge in [0.2, 0.25) is 0 Å². The first kappa shape index (κ1) is 63.6. The molecule has 1 rings (SSSR count). The van der Waals surface area contributed by atoms with Crippen molar-refractivity contribution in [3.8, 4) is 0 Å². The highest BCUT2D eigenvalue weighted by Crippen LogP contribution is 2.24. The number of carbonyl (C=O) groups excluding carboxylic acids is 2. The van der Waals surface area contributed by atoms with E-state index in [1.54, 1.807) is 0 Å². The summed E-state index contributed by atoms with van der Waals surface area (Å²) in [6.07, 6.45) is 46.0. The molecule has 13 heteroatoms. The first-order chi connectivity index (χ1) is 33.0. The van der Waals surface area contributed by atoms with Gasteiger partial charge in [0.25, 0.3) is 10.1 Å². The lowest BCUT2D eigenvalue weighted by Crippen LogP contribution is -2.60. The number of ether oxygens (including phenoxy) is 4. The van der Waals surface area contributed by atoms with E-state index < -0.39 is 71.2 Å². The molecule has 1 fully saturated rings. The van der Waals surface area contributed by atoms with Crippen molar-refractivity contribution in [1.29, 1.82) is 0 Å². The van der Waals surface area contributed by atoms with Crippen LogP contribution in [0.5, 0.6) is 0 Å². The molecular formula is C55H98O12S. The van der Waals surface area contributed by atoms with Crippen LogP contribution in [0.1, 0.15) is 232 Å². The molecule has 1 aliphatic heterocycles.